The number of amides is 1. The summed E-state index contributed by atoms with van der Waals surface area (Å²) in [7, 11) is 1.78. The molecule has 1 N–H and O–H groups in total. The Labute approximate surface area is 117 Å². The van der Waals surface area contributed by atoms with Gasteiger partial charge < -0.3 is 14.4 Å². The molecule has 0 aliphatic heterocycles. The lowest BCUT2D eigenvalue weighted by Gasteiger charge is -2.10. The fraction of sp³-hybridized carbons (Fsp3) is 0.538. The zero-order valence-corrected chi connectivity index (χ0v) is 12.3. The number of aromatic nitrogens is 4. The predicted molar refractivity (Wildman–Crippen MR) is 72.2 cm³/mol. The molecule has 7 nitrogen and oxygen atoms in total. The lowest BCUT2D eigenvalue weighted by Crippen LogP contribution is -2.29. The van der Waals surface area contributed by atoms with Gasteiger partial charge in [0.25, 0.3) is 5.91 Å². The largest absolute Gasteiger partial charge is 0.339 e. The average molecular weight is 277 g/mol. The van der Waals surface area contributed by atoms with Gasteiger partial charge in [-0.15, -0.1) is 0 Å². The van der Waals surface area contributed by atoms with Crippen LogP contribution in [0.2, 0.25) is 0 Å². The van der Waals surface area contributed by atoms with Gasteiger partial charge >= 0.3 is 0 Å². The summed E-state index contributed by atoms with van der Waals surface area (Å²) < 4.78 is 6.85. The van der Waals surface area contributed by atoms with Crippen LogP contribution in [0.25, 0.3) is 0 Å². The molecule has 0 saturated carbocycles. The van der Waals surface area contributed by atoms with Crippen LogP contribution < -0.4 is 5.32 Å². The molecule has 2 aromatic heterocycles. The van der Waals surface area contributed by atoms with Crippen LogP contribution in [0.15, 0.2) is 10.9 Å². The molecule has 0 unspecified atom stereocenters. The summed E-state index contributed by atoms with van der Waals surface area (Å²) in [5.41, 5.74) is 1.21. The van der Waals surface area contributed by atoms with Crippen molar-refractivity contribution < 1.29 is 9.32 Å². The van der Waals surface area contributed by atoms with Crippen LogP contribution in [0.5, 0.6) is 0 Å². The van der Waals surface area contributed by atoms with Gasteiger partial charge in [0, 0.05) is 13.0 Å². The van der Waals surface area contributed by atoms with Crippen LogP contribution in [0.4, 0.5) is 0 Å². The van der Waals surface area contributed by atoms with E-state index in [2.05, 4.69) is 20.4 Å². The van der Waals surface area contributed by atoms with Crippen molar-refractivity contribution >= 4 is 5.91 Å². The number of nitrogens with one attached hydrogen (secondary N) is 1. The van der Waals surface area contributed by atoms with Crippen LogP contribution in [0.3, 0.4) is 0 Å². The molecule has 20 heavy (non-hydrogen) atoms. The molecule has 2 aromatic rings. The summed E-state index contributed by atoms with van der Waals surface area (Å²) in [4.78, 5) is 20.6. The van der Waals surface area contributed by atoms with Gasteiger partial charge in [-0.05, 0) is 13.8 Å². The minimum atomic E-state index is -0.350. The van der Waals surface area contributed by atoms with Crippen molar-refractivity contribution in [2.75, 3.05) is 0 Å². The van der Waals surface area contributed by atoms with E-state index in [0.29, 0.717) is 23.1 Å². The first-order chi connectivity index (χ1) is 9.40. The lowest BCUT2D eigenvalue weighted by molar-refractivity contribution is 0.0923. The molecular weight excluding hydrogens is 258 g/mol. The molecule has 0 aromatic carbocycles. The Hall–Kier alpha value is -2.18. The molecule has 0 saturated heterocycles. The van der Waals surface area contributed by atoms with Gasteiger partial charge in [-0.2, -0.15) is 4.98 Å². The Morgan fingerprint density at radius 2 is 2.10 bits per heavy atom. The molecule has 0 aliphatic rings. The van der Waals surface area contributed by atoms with E-state index in [1.54, 1.807) is 31.8 Å². The minimum absolute atomic E-state index is 0.190. The zero-order valence-electron chi connectivity index (χ0n) is 12.3. The Bertz CT molecular complexity index is 595. The number of hydrogen-bond acceptors (Lipinski definition) is 5. The van der Waals surface area contributed by atoms with E-state index in [4.69, 9.17) is 4.52 Å². The number of carbonyl (C=O) groups is 1. The van der Waals surface area contributed by atoms with E-state index in [1.807, 2.05) is 13.8 Å². The van der Waals surface area contributed by atoms with Gasteiger partial charge in [0.15, 0.2) is 5.82 Å². The molecule has 1 amide bonds. The Kier molecular flexibility index (Phi) is 3.87. The van der Waals surface area contributed by atoms with Crippen LogP contribution >= 0.6 is 0 Å². The smallest absolute Gasteiger partial charge is 0.270 e. The number of nitrogens with zero attached hydrogens (tertiary/aromatic N) is 4. The van der Waals surface area contributed by atoms with Crippen LogP contribution in [0.1, 0.15) is 60.6 Å². The standard InChI is InChI=1S/C13H19N5O2/c1-7(2)11-16-13(20-17-11)9(4)15-12(19)10-8(3)14-6-18(10)5/h6-7,9H,1-5H3,(H,15,19)/t9-/m0/s1. The highest BCUT2D eigenvalue weighted by atomic mass is 16.5. The fourth-order valence-corrected chi connectivity index (χ4v) is 1.86. The molecule has 2 rings (SSSR count). The van der Waals surface area contributed by atoms with Gasteiger partial charge in [-0.1, -0.05) is 19.0 Å². The van der Waals surface area contributed by atoms with Crippen LogP contribution in [-0.4, -0.2) is 25.6 Å². The topological polar surface area (TPSA) is 85.8 Å². The number of rotatable bonds is 4. The zero-order chi connectivity index (χ0) is 14.9. The van der Waals surface area contributed by atoms with Gasteiger partial charge in [-0.3, -0.25) is 4.79 Å². The molecular formula is C13H19N5O2. The summed E-state index contributed by atoms with van der Waals surface area (Å²) in [5, 5.41) is 6.72. The van der Waals surface area contributed by atoms with Crippen molar-refractivity contribution in [1.82, 2.24) is 25.0 Å². The van der Waals surface area contributed by atoms with Crippen molar-refractivity contribution in [1.29, 1.82) is 0 Å². The first-order valence-corrected chi connectivity index (χ1v) is 6.52. The highest BCUT2D eigenvalue weighted by Crippen LogP contribution is 2.15. The summed E-state index contributed by atoms with van der Waals surface area (Å²) in [6, 6.07) is -0.350. The van der Waals surface area contributed by atoms with E-state index in [1.165, 1.54) is 0 Å². The molecule has 0 radical (unpaired) electrons. The third-order valence-electron chi connectivity index (χ3n) is 3.03. The van der Waals surface area contributed by atoms with Gasteiger partial charge in [0.1, 0.15) is 11.7 Å². The fourth-order valence-electron chi connectivity index (χ4n) is 1.86. The maximum atomic E-state index is 12.2. The van der Waals surface area contributed by atoms with Gasteiger partial charge in [0.05, 0.1) is 12.0 Å². The van der Waals surface area contributed by atoms with Gasteiger partial charge in [0.2, 0.25) is 5.89 Å². The first kappa shape index (κ1) is 14.2. The minimum Gasteiger partial charge on any atom is -0.339 e. The SMILES string of the molecule is Cc1ncn(C)c1C(=O)N[C@@H](C)c1nc(C(C)C)no1. The quantitative estimate of drug-likeness (QED) is 0.919. The summed E-state index contributed by atoms with van der Waals surface area (Å²) >= 11 is 0. The monoisotopic (exact) mass is 277 g/mol. The number of imidazole rings is 1. The van der Waals surface area contributed by atoms with E-state index in [-0.39, 0.29) is 17.9 Å². The van der Waals surface area contributed by atoms with E-state index in [0.717, 1.165) is 0 Å². The normalized spacial score (nSPS) is 12.7. The lowest BCUT2D eigenvalue weighted by atomic mass is 10.2. The molecule has 0 fully saturated rings. The molecule has 0 bridgehead atoms. The number of aryl methyl sites for hydroxylation is 2. The summed E-state index contributed by atoms with van der Waals surface area (Å²) in [5.74, 6) is 1.02. The van der Waals surface area contributed by atoms with Crippen LogP contribution in [-0.2, 0) is 7.05 Å². The van der Waals surface area contributed by atoms with Crippen molar-refractivity contribution in [3.63, 3.8) is 0 Å². The Balaban J connectivity index is 2.11. The summed E-state index contributed by atoms with van der Waals surface area (Å²) in [6.07, 6.45) is 1.61. The van der Waals surface area contributed by atoms with Crippen molar-refractivity contribution in [2.24, 2.45) is 7.05 Å². The molecule has 0 aliphatic carbocycles. The van der Waals surface area contributed by atoms with Gasteiger partial charge in [-0.25, -0.2) is 4.98 Å². The molecule has 7 heteroatoms. The molecule has 108 valence electrons. The first-order valence-electron chi connectivity index (χ1n) is 6.52. The maximum absolute atomic E-state index is 12.2. The van der Waals surface area contributed by atoms with E-state index in [9.17, 15) is 4.79 Å². The average Bonchev–Trinajstić information content (AvgIpc) is 2.96. The molecule has 1 atom stereocenters. The van der Waals surface area contributed by atoms with E-state index < -0.39 is 0 Å². The van der Waals surface area contributed by atoms with E-state index >= 15 is 0 Å². The maximum Gasteiger partial charge on any atom is 0.270 e. The second kappa shape index (κ2) is 5.44. The Morgan fingerprint density at radius 3 is 2.60 bits per heavy atom. The Morgan fingerprint density at radius 1 is 1.40 bits per heavy atom. The van der Waals surface area contributed by atoms with Crippen LogP contribution in [0, 0.1) is 6.92 Å². The highest BCUT2D eigenvalue weighted by molar-refractivity contribution is 5.93. The number of carbonyl (C=O) groups excluding carboxylic acids is 1. The third kappa shape index (κ3) is 2.71. The van der Waals surface area contributed by atoms with Crippen molar-refractivity contribution in [2.45, 2.75) is 39.7 Å². The number of hydrogen-bond donors (Lipinski definition) is 1. The highest BCUT2D eigenvalue weighted by Gasteiger charge is 2.21. The summed E-state index contributed by atoms with van der Waals surface area (Å²) in [6.45, 7) is 7.57. The second-order valence-electron chi connectivity index (χ2n) is 5.13. The molecule has 2 heterocycles. The van der Waals surface area contributed by atoms with Crippen molar-refractivity contribution in [3.8, 4) is 0 Å². The predicted octanol–water partition coefficient (Wildman–Crippen LogP) is 1.73. The third-order valence-corrected chi connectivity index (χ3v) is 3.03. The van der Waals surface area contributed by atoms with Crippen molar-refractivity contribution in [3.05, 3.63) is 29.4 Å². The molecule has 0 spiro atoms. The second-order valence-corrected chi connectivity index (χ2v) is 5.13.